The van der Waals surface area contributed by atoms with Gasteiger partial charge in [-0.3, -0.25) is 0 Å². The normalized spacial score (nSPS) is 27.5. The number of hydrogen-bond donors (Lipinski definition) is 0. The Balaban J connectivity index is 1.43. The number of ether oxygens (including phenoxy) is 3. The third kappa shape index (κ3) is 3.50. The van der Waals surface area contributed by atoms with Crippen LogP contribution in [-0.2, 0) is 15.9 Å². The van der Waals surface area contributed by atoms with Gasteiger partial charge in [0.1, 0.15) is 5.75 Å². The van der Waals surface area contributed by atoms with E-state index in [9.17, 15) is 0 Å². The van der Waals surface area contributed by atoms with Crippen molar-refractivity contribution in [2.24, 2.45) is 11.3 Å². The molecule has 1 saturated carbocycles. The zero-order valence-electron chi connectivity index (χ0n) is 15.3. The summed E-state index contributed by atoms with van der Waals surface area (Å²) >= 11 is 0. The van der Waals surface area contributed by atoms with Crippen LogP contribution < -0.4 is 4.74 Å². The highest BCUT2D eigenvalue weighted by Crippen LogP contribution is 2.53. The van der Waals surface area contributed by atoms with Crippen molar-refractivity contribution in [1.82, 2.24) is 0 Å². The second-order valence-corrected chi connectivity index (χ2v) is 7.94. The van der Waals surface area contributed by atoms with Crippen LogP contribution in [0.15, 0.2) is 36.4 Å². The lowest BCUT2D eigenvalue weighted by Gasteiger charge is -2.46. The van der Waals surface area contributed by atoms with Gasteiger partial charge in [-0.25, -0.2) is 0 Å². The van der Waals surface area contributed by atoms with Crippen molar-refractivity contribution in [2.75, 3.05) is 20.3 Å². The Morgan fingerprint density at radius 3 is 2.32 bits per heavy atom. The molecule has 4 rings (SSSR count). The Kier molecular flexibility index (Phi) is 4.88. The highest BCUT2D eigenvalue weighted by atomic mass is 16.7. The monoisotopic (exact) mass is 342 g/mol. The van der Waals surface area contributed by atoms with Gasteiger partial charge in [0.05, 0.1) is 20.3 Å². The molecule has 1 saturated heterocycles. The standard InChI is InChI=1S/C22H30O3/c1-23-20-8-6-18(7-9-20)17-19-5-4-10-21(19)11-13-22(14-12-21)24-15-2-3-16-25-22/h4,6-10,19H,2-3,5,11-17H2,1H3/t19-/m1/s1. The third-order valence-corrected chi connectivity index (χ3v) is 6.54. The average molecular weight is 342 g/mol. The van der Waals surface area contributed by atoms with Gasteiger partial charge in [0, 0.05) is 12.8 Å². The predicted octanol–water partition coefficient (Wildman–Crippen LogP) is 4.90. The SMILES string of the molecule is COc1ccc(C[C@H]2CC=CC23CCC2(CC3)OCCCCO2)cc1. The fourth-order valence-corrected chi connectivity index (χ4v) is 4.89. The second-order valence-electron chi connectivity index (χ2n) is 7.94. The molecular weight excluding hydrogens is 312 g/mol. The summed E-state index contributed by atoms with van der Waals surface area (Å²) < 4.78 is 17.6. The van der Waals surface area contributed by atoms with Crippen LogP contribution in [0, 0.1) is 11.3 Å². The van der Waals surface area contributed by atoms with Crippen molar-refractivity contribution in [2.45, 2.75) is 57.2 Å². The van der Waals surface area contributed by atoms with Crippen LogP contribution in [0.2, 0.25) is 0 Å². The Morgan fingerprint density at radius 2 is 1.68 bits per heavy atom. The van der Waals surface area contributed by atoms with E-state index in [0.29, 0.717) is 11.3 Å². The molecule has 1 aromatic rings. The molecule has 1 heterocycles. The number of rotatable bonds is 3. The molecule has 136 valence electrons. The molecular formula is C22H30O3. The maximum atomic E-state index is 6.15. The summed E-state index contributed by atoms with van der Waals surface area (Å²) in [5, 5.41) is 0. The molecule has 0 radical (unpaired) electrons. The van der Waals surface area contributed by atoms with Gasteiger partial charge in [0.2, 0.25) is 0 Å². The lowest BCUT2D eigenvalue weighted by atomic mass is 9.65. The molecule has 2 spiro atoms. The summed E-state index contributed by atoms with van der Waals surface area (Å²) in [6, 6.07) is 8.58. The molecule has 0 aromatic heterocycles. The smallest absolute Gasteiger partial charge is 0.168 e. The zero-order chi connectivity index (χ0) is 17.2. The first kappa shape index (κ1) is 17.1. The van der Waals surface area contributed by atoms with Gasteiger partial charge in [0.15, 0.2) is 5.79 Å². The average Bonchev–Trinajstić information content (AvgIpc) is 2.88. The lowest BCUT2D eigenvalue weighted by molar-refractivity contribution is -0.250. The van der Waals surface area contributed by atoms with E-state index in [4.69, 9.17) is 14.2 Å². The maximum absolute atomic E-state index is 6.15. The van der Waals surface area contributed by atoms with Crippen molar-refractivity contribution >= 4 is 0 Å². The molecule has 0 unspecified atom stereocenters. The van der Waals surface area contributed by atoms with Crippen molar-refractivity contribution in [3.8, 4) is 5.75 Å². The molecule has 2 fully saturated rings. The molecule has 0 N–H and O–H groups in total. The lowest BCUT2D eigenvalue weighted by Crippen LogP contribution is -2.44. The minimum Gasteiger partial charge on any atom is -0.497 e. The van der Waals surface area contributed by atoms with Crippen molar-refractivity contribution in [1.29, 1.82) is 0 Å². The van der Waals surface area contributed by atoms with E-state index in [1.807, 2.05) is 0 Å². The van der Waals surface area contributed by atoms with Gasteiger partial charge in [-0.05, 0) is 67.6 Å². The maximum Gasteiger partial charge on any atom is 0.168 e. The minimum absolute atomic E-state index is 0.289. The quantitative estimate of drug-likeness (QED) is 0.732. The van der Waals surface area contributed by atoms with E-state index in [1.54, 1.807) is 7.11 Å². The molecule has 25 heavy (non-hydrogen) atoms. The first-order chi connectivity index (χ1) is 12.2. The number of benzene rings is 1. The van der Waals surface area contributed by atoms with E-state index < -0.39 is 0 Å². The summed E-state index contributed by atoms with van der Waals surface area (Å²) in [5.74, 6) is 1.34. The molecule has 3 aliphatic rings. The van der Waals surface area contributed by atoms with E-state index in [1.165, 1.54) is 24.8 Å². The van der Waals surface area contributed by atoms with Crippen molar-refractivity contribution in [3.63, 3.8) is 0 Å². The second kappa shape index (κ2) is 7.13. The van der Waals surface area contributed by atoms with Crippen LogP contribution in [0.1, 0.15) is 50.5 Å². The molecule has 1 aliphatic heterocycles. The van der Waals surface area contributed by atoms with E-state index >= 15 is 0 Å². The molecule has 1 atom stereocenters. The summed E-state index contributed by atoms with van der Waals surface area (Å²) in [5.41, 5.74) is 1.75. The summed E-state index contributed by atoms with van der Waals surface area (Å²) in [6.45, 7) is 1.72. The first-order valence-electron chi connectivity index (χ1n) is 9.82. The van der Waals surface area contributed by atoms with Gasteiger partial charge in [0.25, 0.3) is 0 Å². The summed E-state index contributed by atoms with van der Waals surface area (Å²) in [6.07, 6.45) is 14.0. The third-order valence-electron chi connectivity index (χ3n) is 6.54. The summed E-state index contributed by atoms with van der Waals surface area (Å²) in [4.78, 5) is 0. The Hall–Kier alpha value is -1.32. The van der Waals surface area contributed by atoms with Crippen LogP contribution in [0.3, 0.4) is 0 Å². The highest BCUT2D eigenvalue weighted by Gasteiger charge is 2.48. The molecule has 2 aliphatic carbocycles. The van der Waals surface area contributed by atoms with Crippen LogP contribution in [0.4, 0.5) is 0 Å². The van der Waals surface area contributed by atoms with Crippen molar-refractivity contribution < 1.29 is 14.2 Å². The minimum atomic E-state index is -0.289. The van der Waals surface area contributed by atoms with Crippen LogP contribution in [0.5, 0.6) is 5.75 Å². The first-order valence-corrected chi connectivity index (χ1v) is 9.82. The Morgan fingerprint density at radius 1 is 1.00 bits per heavy atom. The van der Waals surface area contributed by atoms with Crippen LogP contribution in [-0.4, -0.2) is 26.1 Å². The molecule has 0 bridgehead atoms. The van der Waals surface area contributed by atoms with Crippen LogP contribution in [0.25, 0.3) is 0 Å². The zero-order valence-corrected chi connectivity index (χ0v) is 15.3. The van der Waals surface area contributed by atoms with Crippen molar-refractivity contribution in [3.05, 3.63) is 42.0 Å². The Bertz CT molecular complexity index is 586. The largest absolute Gasteiger partial charge is 0.497 e. The molecule has 3 nitrogen and oxygen atoms in total. The van der Waals surface area contributed by atoms with E-state index in [2.05, 4.69) is 36.4 Å². The van der Waals surface area contributed by atoms with E-state index in [0.717, 1.165) is 51.1 Å². The number of hydrogen-bond acceptors (Lipinski definition) is 3. The molecule has 3 heteroatoms. The summed E-state index contributed by atoms with van der Waals surface area (Å²) in [7, 11) is 1.72. The van der Waals surface area contributed by atoms with Gasteiger partial charge in [-0.1, -0.05) is 24.3 Å². The molecule has 0 amide bonds. The number of methoxy groups -OCH3 is 1. The van der Waals surface area contributed by atoms with Gasteiger partial charge in [-0.2, -0.15) is 0 Å². The van der Waals surface area contributed by atoms with Gasteiger partial charge in [-0.15, -0.1) is 0 Å². The fourth-order valence-electron chi connectivity index (χ4n) is 4.89. The van der Waals surface area contributed by atoms with E-state index in [-0.39, 0.29) is 5.79 Å². The predicted molar refractivity (Wildman–Crippen MR) is 98.7 cm³/mol. The topological polar surface area (TPSA) is 27.7 Å². The van der Waals surface area contributed by atoms with Crippen LogP contribution >= 0.6 is 0 Å². The molecule has 1 aromatic carbocycles. The van der Waals surface area contributed by atoms with Gasteiger partial charge >= 0.3 is 0 Å². The Labute approximate surface area is 151 Å². The highest BCUT2D eigenvalue weighted by molar-refractivity contribution is 5.28. The van der Waals surface area contributed by atoms with Gasteiger partial charge < -0.3 is 14.2 Å². The fraction of sp³-hybridized carbons (Fsp3) is 0.636. The number of allylic oxidation sites excluding steroid dienone is 2.